The standard InChI is InChI=1S/C10H7N3O3/c14-8-5-7(10(15)16)12-9(13-8)6-1-3-11-4-2-6/h1-5H,(H,15,16)(H,12,13,14). The molecule has 0 spiro atoms. The number of rotatable bonds is 2. The molecule has 0 unspecified atom stereocenters. The van der Waals surface area contributed by atoms with E-state index >= 15 is 0 Å². The number of carbonyl (C=O) groups is 1. The fourth-order valence-electron chi connectivity index (χ4n) is 1.21. The number of nitrogens with one attached hydrogen (secondary N) is 1. The van der Waals surface area contributed by atoms with Crippen LogP contribution < -0.4 is 5.56 Å². The quantitative estimate of drug-likeness (QED) is 0.764. The third-order valence-electron chi connectivity index (χ3n) is 1.91. The molecule has 6 nitrogen and oxygen atoms in total. The van der Waals surface area contributed by atoms with Gasteiger partial charge in [0.1, 0.15) is 5.82 Å². The Morgan fingerprint density at radius 3 is 2.62 bits per heavy atom. The van der Waals surface area contributed by atoms with E-state index in [1.807, 2.05) is 0 Å². The lowest BCUT2D eigenvalue weighted by atomic mass is 10.2. The average Bonchev–Trinajstić information content (AvgIpc) is 2.29. The Balaban J connectivity index is 2.58. The lowest BCUT2D eigenvalue weighted by Crippen LogP contribution is -2.13. The van der Waals surface area contributed by atoms with E-state index in [9.17, 15) is 9.59 Å². The molecular formula is C10H7N3O3. The molecule has 6 heteroatoms. The van der Waals surface area contributed by atoms with Crippen LogP contribution in [-0.2, 0) is 0 Å². The van der Waals surface area contributed by atoms with Crippen molar-refractivity contribution in [2.75, 3.05) is 0 Å². The Morgan fingerprint density at radius 1 is 1.31 bits per heavy atom. The molecule has 0 saturated heterocycles. The van der Waals surface area contributed by atoms with E-state index in [2.05, 4.69) is 15.0 Å². The summed E-state index contributed by atoms with van der Waals surface area (Å²) in [7, 11) is 0. The molecule has 0 aliphatic rings. The van der Waals surface area contributed by atoms with Gasteiger partial charge >= 0.3 is 5.97 Å². The summed E-state index contributed by atoms with van der Waals surface area (Å²) < 4.78 is 0. The highest BCUT2D eigenvalue weighted by molar-refractivity contribution is 5.85. The van der Waals surface area contributed by atoms with Gasteiger partial charge in [-0.1, -0.05) is 0 Å². The molecule has 0 aliphatic carbocycles. The van der Waals surface area contributed by atoms with Crippen LogP contribution in [-0.4, -0.2) is 26.0 Å². The lowest BCUT2D eigenvalue weighted by molar-refractivity contribution is 0.0690. The van der Waals surface area contributed by atoms with Gasteiger partial charge in [0.25, 0.3) is 5.56 Å². The van der Waals surface area contributed by atoms with Crippen molar-refractivity contribution in [1.82, 2.24) is 15.0 Å². The Bertz CT molecular complexity index is 577. The first kappa shape index (κ1) is 10.0. The van der Waals surface area contributed by atoms with E-state index < -0.39 is 11.5 Å². The zero-order valence-corrected chi connectivity index (χ0v) is 8.04. The van der Waals surface area contributed by atoms with Crippen LogP contribution in [0.4, 0.5) is 0 Å². The number of hydrogen-bond acceptors (Lipinski definition) is 4. The van der Waals surface area contributed by atoms with Crippen molar-refractivity contribution in [3.63, 3.8) is 0 Å². The molecule has 0 aliphatic heterocycles. The van der Waals surface area contributed by atoms with Crippen molar-refractivity contribution in [3.05, 3.63) is 46.6 Å². The van der Waals surface area contributed by atoms with Gasteiger partial charge in [-0.25, -0.2) is 9.78 Å². The predicted molar refractivity (Wildman–Crippen MR) is 55.0 cm³/mol. The zero-order chi connectivity index (χ0) is 11.5. The van der Waals surface area contributed by atoms with Crippen LogP contribution in [0.15, 0.2) is 35.4 Å². The normalized spacial score (nSPS) is 10.0. The predicted octanol–water partition coefficient (Wildman–Crippen LogP) is 0.530. The summed E-state index contributed by atoms with van der Waals surface area (Å²) in [4.78, 5) is 32.0. The van der Waals surface area contributed by atoms with Crippen LogP contribution in [0.1, 0.15) is 10.5 Å². The Kier molecular flexibility index (Phi) is 2.47. The summed E-state index contributed by atoms with van der Waals surface area (Å²) >= 11 is 0. The maximum Gasteiger partial charge on any atom is 0.354 e. The number of hydrogen-bond donors (Lipinski definition) is 2. The lowest BCUT2D eigenvalue weighted by Gasteiger charge is -2.00. The van der Waals surface area contributed by atoms with Crippen LogP contribution in [0.25, 0.3) is 11.4 Å². The summed E-state index contributed by atoms with van der Waals surface area (Å²) in [5.41, 5.74) is -0.176. The van der Waals surface area contributed by atoms with Gasteiger partial charge in [-0.15, -0.1) is 0 Å². The van der Waals surface area contributed by atoms with Crippen molar-refractivity contribution in [3.8, 4) is 11.4 Å². The summed E-state index contributed by atoms with van der Waals surface area (Å²) in [6, 6.07) is 4.20. The van der Waals surface area contributed by atoms with Crippen molar-refractivity contribution < 1.29 is 9.90 Å². The average molecular weight is 217 g/mol. The Labute approximate surface area is 89.6 Å². The minimum absolute atomic E-state index is 0.215. The SMILES string of the molecule is O=C(O)c1cc(=O)[nH]c(-c2ccncc2)n1. The third-order valence-corrected chi connectivity index (χ3v) is 1.91. The molecule has 0 fully saturated rings. The molecule has 2 aromatic rings. The van der Waals surface area contributed by atoms with E-state index in [4.69, 9.17) is 5.11 Å². The smallest absolute Gasteiger partial charge is 0.354 e. The highest BCUT2D eigenvalue weighted by Gasteiger charge is 2.08. The number of aromatic carboxylic acids is 1. The van der Waals surface area contributed by atoms with Gasteiger partial charge in [0, 0.05) is 24.0 Å². The molecular weight excluding hydrogens is 210 g/mol. The Morgan fingerprint density at radius 2 is 2.00 bits per heavy atom. The number of pyridine rings is 1. The number of nitrogens with zero attached hydrogens (tertiary/aromatic N) is 2. The summed E-state index contributed by atoms with van der Waals surface area (Å²) in [6.07, 6.45) is 3.06. The number of carboxylic acid groups (broad SMARTS) is 1. The molecule has 0 saturated carbocycles. The van der Waals surface area contributed by atoms with Gasteiger partial charge in [0.15, 0.2) is 5.69 Å². The maximum atomic E-state index is 11.2. The molecule has 0 atom stereocenters. The summed E-state index contributed by atoms with van der Waals surface area (Å²) in [5.74, 6) is -1.02. The van der Waals surface area contributed by atoms with Crippen molar-refractivity contribution in [1.29, 1.82) is 0 Å². The first-order valence-electron chi connectivity index (χ1n) is 4.42. The van der Waals surface area contributed by atoms with Gasteiger partial charge in [-0.2, -0.15) is 0 Å². The van der Waals surface area contributed by atoms with Crippen LogP contribution in [0.5, 0.6) is 0 Å². The van der Waals surface area contributed by atoms with Gasteiger partial charge in [-0.05, 0) is 12.1 Å². The zero-order valence-electron chi connectivity index (χ0n) is 8.04. The number of aromatic amines is 1. The van der Waals surface area contributed by atoms with E-state index in [1.54, 1.807) is 12.1 Å². The third kappa shape index (κ3) is 1.95. The molecule has 2 heterocycles. The van der Waals surface area contributed by atoms with Crippen molar-refractivity contribution in [2.45, 2.75) is 0 Å². The van der Waals surface area contributed by atoms with Crippen molar-refractivity contribution in [2.24, 2.45) is 0 Å². The van der Waals surface area contributed by atoms with E-state index in [1.165, 1.54) is 12.4 Å². The van der Waals surface area contributed by atoms with Gasteiger partial charge < -0.3 is 10.1 Å². The van der Waals surface area contributed by atoms with Crippen LogP contribution >= 0.6 is 0 Å². The first-order valence-corrected chi connectivity index (χ1v) is 4.42. The fraction of sp³-hybridized carbons (Fsp3) is 0. The summed E-state index contributed by atoms with van der Waals surface area (Å²) in [6.45, 7) is 0. The highest BCUT2D eigenvalue weighted by Crippen LogP contribution is 2.11. The maximum absolute atomic E-state index is 11.2. The minimum atomic E-state index is -1.23. The highest BCUT2D eigenvalue weighted by atomic mass is 16.4. The molecule has 2 aromatic heterocycles. The van der Waals surface area contributed by atoms with E-state index in [0.717, 1.165) is 6.07 Å². The number of carboxylic acids is 1. The molecule has 0 bridgehead atoms. The van der Waals surface area contributed by atoms with Gasteiger partial charge in [-0.3, -0.25) is 9.78 Å². The molecule has 0 radical (unpaired) electrons. The minimum Gasteiger partial charge on any atom is -0.477 e. The number of H-pyrrole nitrogens is 1. The van der Waals surface area contributed by atoms with Gasteiger partial charge in [0.2, 0.25) is 0 Å². The van der Waals surface area contributed by atoms with Crippen LogP contribution in [0.3, 0.4) is 0 Å². The van der Waals surface area contributed by atoms with E-state index in [-0.39, 0.29) is 11.5 Å². The molecule has 2 N–H and O–H groups in total. The molecule has 2 rings (SSSR count). The Hall–Kier alpha value is -2.50. The largest absolute Gasteiger partial charge is 0.477 e. The van der Waals surface area contributed by atoms with E-state index in [0.29, 0.717) is 5.56 Å². The summed E-state index contributed by atoms with van der Waals surface area (Å²) in [5, 5.41) is 8.75. The van der Waals surface area contributed by atoms with Crippen molar-refractivity contribution >= 4 is 5.97 Å². The fourth-order valence-corrected chi connectivity index (χ4v) is 1.21. The second-order valence-corrected chi connectivity index (χ2v) is 3.02. The molecule has 80 valence electrons. The topological polar surface area (TPSA) is 95.9 Å². The first-order chi connectivity index (χ1) is 7.66. The van der Waals surface area contributed by atoms with Crippen LogP contribution in [0, 0.1) is 0 Å². The molecule has 0 amide bonds. The molecule has 0 aromatic carbocycles. The van der Waals surface area contributed by atoms with Gasteiger partial charge in [0.05, 0.1) is 0 Å². The van der Waals surface area contributed by atoms with Crippen LogP contribution in [0.2, 0.25) is 0 Å². The second kappa shape index (κ2) is 3.93. The number of aromatic nitrogens is 3. The monoisotopic (exact) mass is 217 g/mol. The molecule has 16 heavy (non-hydrogen) atoms. The second-order valence-electron chi connectivity index (χ2n) is 3.02.